The maximum absolute atomic E-state index is 13.1. The molecule has 0 spiro atoms. The molecular weight excluding hydrogens is 352 g/mol. The molecule has 1 saturated carbocycles. The van der Waals surface area contributed by atoms with Gasteiger partial charge in [-0.05, 0) is 42.2 Å². The van der Waals surface area contributed by atoms with Crippen LogP contribution in [0.15, 0.2) is 42.5 Å². The van der Waals surface area contributed by atoms with Gasteiger partial charge in [0.2, 0.25) is 0 Å². The van der Waals surface area contributed by atoms with E-state index in [1.54, 1.807) is 13.2 Å². The number of amides is 2. The molecule has 28 heavy (non-hydrogen) atoms. The summed E-state index contributed by atoms with van der Waals surface area (Å²) in [6, 6.07) is 13.5. The number of hydrogen-bond acceptors (Lipinski definition) is 3. The lowest BCUT2D eigenvalue weighted by molar-refractivity contribution is 0.0656. The first-order valence-electron chi connectivity index (χ1n) is 10.0. The molecule has 1 heterocycles. The zero-order valence-electron chi connectivity index (χ0n) is 16.2. The molecule has 5 heteroatoms. The number of ether oxygens (including phenoxy) is 1. The minimum Gasteiger partial charge on any atom is -0.497 e. The molecule has 0 unspecified atom stereocenters. The van der Waals surface area contributed by atoms with Crippen LogP contribution in [0.2, 0.25) is 0 Å². The Labute approximate surface area is 165 Å². The van der Waals surface area contributed by atoms with Gasteiger partial charge in [0.25, 0.3) is 11.8 Å². The Morgan fingerprint density at radius 2 is 1.86 bits per heavy atom. The molecule has 0 radical (unpaired) electrons. The SMILES string of the molecule is COc1ccc(CNC(=O)c2cccc3c2C(=O)N(C2CCCCC2)C3)cc1. The van der Waals surface area contributed by atoms with E-state index in [2.05, 4.69) is 5.32 Å². The maximum atomic E-state index is 13.1. The number of carbonyl (C=O) groups excluding carboxylic acids is 2. The largest absolute Gasteiger partial charge is 0.497 e. The van der Waals surface area contributed by atoms with Gasteiger partial charge in [0.15, 0.2) is 0 Å². The summed E-state index contributed by atoms with van der Waals surface area (Å²) in [7, 11) is 1.63. The number of methoxy groups -OCH3 is 1. The number of hydrogen-bond donors (Lipinski definition) is 1. The molecular formula is C23H26N2O3. The quantitative estimate of drug-likeness (QED) is 0.858. The van der Waals surface area contributed by atoms with Crippen molar-refractivity contribution < 1.29 is 14.3 Å². The first kappa shape index (κ1) is 18.5. The van der Waals surface area contributed by atoms with Gasteiger partial charge in [0, 0.05) is 19.1 Å². The van der Waals surface area contributed by atoms with Crippen LogP contribution in [0.4, 0.5) is 0 Å². The average Bonchev–Trinajstić information content (AvgIpc) is 3.10. The summed E-state index contributed by atoms with van der Waals surface area (Å²) in [6.45, 7) is 1.03. The Hall–Kier alpha value is -2.82. The highest BCUT2D eigenvalue weighted by molar-refractivity contribution is 6.09. The Kier molecular flexibility index (Phi) is 5.33. The van der Waals surface area contributed by atoms with Gasteiger partial charge in [0.1, 0.15) is 5.75 Å². The van der Waals surface area contributed by atoms with Crippen molar-refractivity contribution in [2.45, 2.75) is 51.2 Å². The van der Waals surface area contributed by atoms with Gasteiger partial charge >= 0.3 is 0 Å². The highest BCUT2D eigenvalue weighted by atomic mass is 16.5. The molecule has 2 aliphatic rings. The zero-order chi connectivity index (χ0) is 19.5. The molecule has 1 fully saturated rings. The van der Waals surface area contributed by atoms with Crippen molar-refractivity contribution in [3.8, 4) is 5.75 Å². The molecule has 1 aliphatic heterocycles. The third kappa shape index (κ3) is 3.61. The molecule has 2 amide bonds. The van der Waals surface area contributed by atoms with Gasteiger partial charge in [-0.25, -0.2) is 0 Å². The normalized spacial score (nSPS) is 16.8. The number of nitrogens with zero attached hydrogens (tertiary/aromatic N) is 1. The fraction of sp³-hybridized carbons (Fsp3) is 0.391. The lowest BCUT2D eigenvalue weighted by Crippen LogP contribution is -2.37. The highest BCUT2D eigenvalue weighted by Gasteiger charge is 2.35. The van der Waals surface area contributed by atoms with Crippen molar-refractivity contribution in [3.63, 3.8) is 0 Å². The summed E-state index contributed by atoms with van der Waals surface area (Å²) in [5.41, 5.74) is 3.01. The molecule has 4 rings (SSSR count). The van der Waals surface area contributed by atoms with E-state index in [-0.39, 0.29) is 11.8 Å². The first-order valence-corrected chi connectivity index (χ1v) is 10.0. The fourth-order valence-electron chi connectivity index (χ4n) is 4.28. The summed E-state index contributed by atoms with van der Waals surface area (Å²) in [5.74, 6) is 0.591. The van der Waals surface area contributed by atoms with Crippen LogP contribution in [-0.4, -0.2) is 29.9 Å². The second-order valence-electron chi connectivity index (χ2n) is 7.60. The van der Waals surface area contributed by atoms with Gasteiger partial charge in [-0.1, -0.05) is 43.5 Å². The maximum Gasteiger partial charge on any atom is 0.255 e. The van der Waals surface area contributed by atoms with Crippen molar-refractivity contribution in [3.05, 3.63) is 64.7 Å². The van der Waals surface area contributed by atoms with E-state index in [0.29, 0.717) is 30.3 Å². The van der Waals surface area contributed by atoms with E-state index in [1.165, 1.54) is 19.3 Å². The summed E-state index contributed by atoms with van der Waals surface area (Å²) in [4.78, 5) is 27.9. The minimum absolute atomic E-state index is 0.0112. The van der Waals surface area contributed by atoms with E-state index in [9.17, 15) is 9.59 Å². The third-order valence-electron chi connectivity index (χ3n) is 5.84. The van der Waals surface area contributed by atoms with Crippen LogP contribution >= 0.6 is 0 Å². The standard InChI is InChI=1S/C23H26N2O3/c1-28-19-12-10-16(11-13-19)14-24-22(26)20-9-5-6-17-15-25(23(27)21(17)20)18-7-3-2-4-8-18/h5-6,9-13,18H,2-4,7-8,14-15H2,1H3,(H,24,26). The summed E-state index contributed by atoms with van der Waals surface area (Å²) >= 11 is 0. The van der Waals surface area contributed by atoms with Crippen LogP contribution in [0, 0.1) is 0 Å². The molecule has 0 aromatic heterocycles. The monoisotopic (exact) mass is 378 g/mol. The molecule has 0 bridgehead atoms. The number of fused-ring (bicyclic) bond motifs is 1. The lowest BCUT2D eigenvalue weighted by atomic mass is 9.94. The van der Waals surface area contributed by atoms with Gasteiger partial charge < -0.3 is 15.0 Å². The molecule has 0 atom stereocenters. The van der Waals surface area contributed by atoms with E-state index < -0.39 is 0 Å². The van der Waals surface area contributed by atoms with Crippen LogP contribution in [0.3, 0.4) is 0 Å². The molecule has 5 nitrogen and oxygen atoms in total. The lowest BCUT2D eigenvalue weighted by Gasteiger charge is -2.30. The molecule has 2 aromatic rings. The number of benzene rings is 2. The van der Waals surface area contributed by atoms with E-state index in [0.717, 1.165) is 29.7 Å². The first-order chi connectivity index (χ1) is 13.7. The molecule has 146 valence electrons. The third-order valence-corrected chi connectivity index (χ3v) is 5.84. The van der Waals surface area contributed by atoms with E-state index >= 15 is 0 Å². The van der Waals surface area contributed by atoms with Gasteiger partial charge in [0.05, 0.1) is 18.2 Å². The van der Waals surface area contributed by atoms with Crippen molar-refractivity contribution in [2.75, 3.05) is 7.11 Å². The Morgan fingerprint density at radius 1 is 1.11 bits per heavy atom. The van der Waals surface area contributed by atoms with Crippen molar-refractivity contribution in [1.29, 1.82) is 0 Å². The van der Waals surface area contributed by atoms with Crippen LogP contribution in [-0.2, 0) is 13.1 Å². The second-order valence-corrected chi connectivity index (χ2v) is 7.60. The van der Waals surface area contributed by atoms with E-state index in [4.69, 9.17) is 4.74 Å². The minimum atomic E-state index is -0.202. The molecule has 1 N–H and O–H groups in total. The van der Waals surface area contributed by atoms with Gasteiger partial charge in [-0.15, -0.1) is 0 Å². The summed E-state index contributed by atoms with van der Waals surface area (Å²) in [6.07, 6.45) is 5.75. The number of carbonyl (C=O) groups is 2. The predicted molar refractivity (Wildman–Crippen MR) is 107 cm³/mol. The van der Waals surface area contributed by atoms with Crippen LogP contribution in [0.1, 0.15) is 63.9 Å². The van der Waals surface area contributed by atoms with Crippen LogP contribution in [0.25, 0.3) is 0 Å². The molecule has 1 aliphatic carbocycles. The van der Waals surface area contributed by atoms with Crippen LogP contribution in [0.5, 0.6) is 5.75 Å². The van der Waals surface area contributed by atoms with Crippen LogP contribution < -0.4 is 10.1 Å². The molecule has 0 saturated heterocycles. The predicted octanol–water partition coefficient (Wildman–Crippen LogP) is 3.91. The smallest absolute Gasteiger partial charge is 0.255 e. The summed E-state index contributed by atoms with van der Waals surface area (Å²) in [5, 5.41) is 2.95. The fourth-order valence-corrected chi connectivity index (χ4v) is 4.28. The molecule has 2 aromatic carbocycles. The van der Waals surface area contributed by atoms with E-state index in [1.807, 2.05) is 41.3 Å². The van der Waals surface area contributed by atoms with Crippen molar-refractivity contribution in [1.82, 2.24) is 10.2 Å². The Morgan fingerprint density at radius 3 is 2.57 bits per heavy atom. The second kappa shape index (κ2) is 8.05. The Bertz CT molecular complexity index is 870. The zero-order valence-corrected chi connectivity index (χ0v) is 16.2. The van der Waals surface area contributed by atoms with Crippen molar-refractivity contribution in [2.24, 2.45) is 0 Å². The highest BCUT2D eigenvalue weighted by Crippen LogP contribution is 2.32. The average molecular weight is 378 g/mol. The topological polar surface area (TPSA) is 58.6 Å². The number of rotatable bonds is 5. The number of nitrogens with one attached hydrogen (secondary N) is 1. The van der Waals surface area contributed by atoms with Gasteiger partial charge in [-0.2, -0.15) is 0 Å². The summed E-state index contributed by atoms with van der Waals surface area (Å²) < 4.78 is 5.16. The van der Waals surface area contributed by atoms with Gasteiger partial charge in [-0.3, -0.25) is 9.59 Å². The Balaban J connectivity index is 1.48. The van der Waals surface area contributed by atoms with Crippen molar-refractivity contribution >= 4 is 11.8 Å².